The maximum Gasteiger partial charge on any atom is 0.472 e. The summed E-state index contributed by atoms with van der Waals surface area (Å²) in [7, 11) is -4.50. The Labute approximate surface area is 269 Å². The normalized spacial score (nSPS) is 14.4. The summed E-state index contributed by atoms with van der Waals surface area (Å²) in [5, 5.41) is 18.2. The van der Waals surface area contributed by atoms with Gasteiger partial charge in [-0.05, 0) is 12.8 Å². The molecule has 0 spiro atoms. The second kappa shape index (κ2) is 32.4. The predicted molar refractivity (Wildman–Crippen MR) is 178 cm³/mol. The highest BCUT2D eigenvalue weighted by atomic mass is 31.2. The third-order valence-corrected chi connectivity index (χ3v) is 8.74. The van der Waals surface area contributed by atoms with E-state index in [0.29, 0.717) is 6.61 Å². The zero-order valence-electron chi connectivity index (χ0n) is 28.4. The van der Waals surface area contributed by atoms with Gasteiger partial charge in [-0.1, -0.05) is 149 Å². The minimum Gasteiger partial charge on any atom is -0.457 e. The zero-order valence-corrected chi connectivity index (χ0v) is 29.3. The minimum absolute atomic E-state index is 0.0568. The SMILES string of the molecule is CCCCCCCCCCCCCCOC[C@H](COP(=O)(O)OC[C@@H](O)CO)OC(=O)CCCCCCCCCCCCC. The molecule has 1 unspecified atom stereocenters. The molecule has 0 aromatic carbocycles. The molecule has 9 nitrogen and oxygen atoms in total. The van der Waals surface area contributed by atoms with E-state index in [1.807, 2.05) is 0 Å². The molecule has 0 aliphatic carbocycles. The Bertz CT molecular complexity index is 665. The molecule has 0 amide bonds. The Morgan fingerprint density at radius 3 is 1.48 bits per heavy atom. The maximum atomic E-state index is 12.5. The average molecular weight is 653 g/mol. The molecule has 3 atom stereocenters. The number of rotatable bonds is 35. The molecule has 0 fully saturated rings. The van der Waals surface area contributed by atoms with E-state index in [-0.39, 0.29) is 25.6 Å². The molecule has 0 bridgehead atoms. The first kappa shape index (κ1) is 43.5. The molecular weight excluding hydrogens is 583 g/mol. The maximum absolute atomic E-state index is 12.5. The fourth-order valence-corrected chi connectivity index (χ4v) is 5.79. The number of phosphoric ester groups is 1. The minimum atomic E-state index is -4.50. The quantitative estimate of drug-likeness (QED) is 0.0349. The summed E-state index contributed by atoms with van der Waals surface area (Å²) >= 11 is 0. The van der Waals surface area contributed by atoms with Gasteiger partial charge in [0.25, 0.3) is 0 Å². The highest BCUT2D eigenvalue weighted by Gasteiger charge is 2.26. The number of hydrogen-bond acceptors (Lipinski definition) is 8. The van der Waals surface area contributed by atoms with Gasteiger partial charge in [0.05, 0.1) is 26.4 Å². The summed E-state index contributed by atoms with van der Waals surface area (Å²) in [4.78, 5) is 22.4. The first-order valence-corrected chi connectivity index (χ1v) is 19.5. The van der Waals surface area contributed by atoms with E-state index in [1.165, 1.54) is 116 Å². The molecule has 0 saturated heterocycles. The van der Waals surface area contributed by atoms with E-state index in [9.17, 15) is 19.4 Å². The smallest absolute Gasteiger partial charge is 0.457 e. The summed E-state index contributed by atoms with van der Waals surface area (Å²) in [5.74, 6) is -0.382. The molecule has 264 valence electrons. The van der Waals surface area contributed by atoms with Crippen LogP contribution in [0, 0.1) is 0 Å². The Morgan fingerprint density at radius 1 is 0.614 bits per heavy atom. The number of ether oxygens (including phenoxy) is 2. The predicted octanol–water partition coefficient (Wildman–Crippen LogP) is 8.80. The second-order valence-electron chi connectivity index (χ2n) is 12.3. The Hall–Kier alpha value is -0.540. The summed E-state index contributed by atoms with van der Waals surface area (Å²) < 4.78 is 33.1. The summed E-state index contributed by atoms with van der Waals surface area (Å²) in [5.41, 5.74) is 0. The Morgan fingerprint density at radius 2 is 1.02 bits per heavy atom. The molecule has 44 heavy (non-hydrogen) atoms. The van der Waals surface area contributed by atoms with Gasteiger partial charge in [-0.3, -0.25) is 13.8 Å². The van der Waals surface area contributed by atoms with Gasteiger partial charge >= 0.3 is 13.8 Å². The molecule has 0 radical (unpaired) electrons. The number of aliphatic hydroxyl groups is 2. The van der Waals surface area contributed by atoms with Crippen molar-refractivity contribution in [3.8, 4) is 0 Å². The molecule has 0 aromatic rings. The third kappa shape index (κ3) is 31.4. The van der Waals surface area contributed by atoms with Gasteiger partial charge < -0.3 is 24.6 Å². The lowest BCUT2D eigenvalue weighted by atomic mass is 10.1. The van der Waals surface area contributed by atoms with Crippen LogP contribution in [0.5, 0.6) is 0 Å². The van der Waals surface area contributed by atoms with Crippen LogP contribution in [0.4, 0.5) is 0 Å². The van der Waals surface area contributed by atoms with E-state index < -0.39 is 33.2 Å². The summed E-state index contributed by atoms with van der Waals surface area (Å²) in [6.45, 7) is 3.52. The van der Waals surface area contributed by atoms with Crippen molar-refractivity contribution in [3.63, 3.8) is 0 Å². The van der Waals surface area contributed by atoms with Gasteiger partial charge in [0.1, 0.15) is 12.2 Å². The third-order valence-electron chi connectivity index (χ3n) is 7.79. The van der Waals surface area contributed by atoms with E-state index in [4.69, 9.17) is 23.6 Å². The van der Waals surface area contributed by atoms with Crippen molar-refractivity contribution < 1.29 is 43.0 Å². The summed E-state index contributed by atoms with van der Waals surface area (Å²) in [6, 6.07) is 0. The second-order valence-corrected chi connectivity index (χ2v) is 13.7. The number of unbranched alkanes of at least 4 members (excludes halogenated alkanes) is 21. The molecular formula is C34H69O9P. The van der Waals surface area contributed by atoms with Crippen LogP contribution in [-0.4, -0.2) is 66.3 Å². The first-order valence-electron chi connectivity index (χ1n) is 18.0. The van der Waals surface area contributed by atoms with Crippen molar-refractivity contribution >= 4 is 13.8 Å². The van der Waals surface area contributed by atoms with Gasteiger partial charge in [0.2, 0.25) is 0 Å². The molecule has 0 saturated carbocycles. The topological polar surface area (TPSA) is 132 Å². The number of esters is 1. The molecule has 0 aliphatic rings. The number of aliphatic hydroxyl groups excluding tert-OH is 2. The number of carbonyl (C=O) groups is 1. The lowest BCUT2D eigenvalue weighted by Crippen LogP contribution is -2.29. The summed E-state index contributed by atoms with van der Waals surface area (Å²) in [6.07, 6.45) is 26.3. The number of carbonyl (C=O) groups excluding carboxylic acids is 1. The molecule has 10 heteroatoms. The van der Waals surface area contributed by atoms with E-state index in [2.05, 4.69) is 13.8 Å². The van der Waals surface area contributed by atoms with Crippen LogP contribution in [0.3, 0.4) is 0 Å². The van der Waals surface area contributed by atoms with Gasteiger partial charge in [-0.25, -0.2) is 4.57 Å². The van der Waals surface area contributed by atoms with Gasteiger partial charge in [0, 0.05) is 13.0 Å². The lowest BCUT2D eigenvalue weighted by Gasteiger charge is -2.20. The van der Waals surface area contributed by atoms with Crippen LogP contribution in [0.1, 0.15) is 168 Å². The van der Waals surface area contributed by atoms with Gasteiger partial charge in [-0.2, -0.15) is 0 Å². The van der Waals surface area contributed by atoms with Gasteiger partial charge in [-0.15, -0.1) is 0 Å². The van der Waals surface area contributed by atoms with Gasteiger partial charge in [0.15, 0.2) is 0 Å². The van der Waals surface area contributed by atoms with E-state index in [1.54, 1.807) is 0 Å². The average Bonchev–Trinajstić information content (AvgIpc) is 3.01. The zero-order chi connectivity index (χ0) is 32.6. The van der Waals surface area contributed by atoms with Crippen LogP contribution in [-0.2, 0) is 27.9 Å². The van der Waals surface area contributed by atoms with Crippen molar-refractivity contribution in [2.24, 2.45) is 0 Å². The van der Waals surface area contributed by atoms with Crippen LogP contribution in [0.15, 0.2) is 0 Å². The standard InChI is InChI=1S/C34H69O9P/c1-3-5-7-9-11-13-15-17-19-21-23-25-27-40-30-33(31-42-44(38,39)41-29-32(36)28-35)43-34(37)26-24-22-20-18-16-14-12-10-8-6-4-2/h32-33,35-36H,3-31H2,1-2H3,(H,38,39)/t32-,33+/m0/s1. The first-order chi connectivity index (χ1) is 21.3. The van der Waals surface area contributed by atoms with E-state index in [0.717, 1.165) is 32.1 Å². The molecule has 3 N–H and O–H groups in total. The van der Waals surface area contributed by atoms with Crippen molar-refractivity contribution in [2.75, 3.05) is 33.0 Å². The molecule has 0 rings (SSSR count). The van der Waals surface area contributed by atoms with Crippen LogP contribution < -0.4 is 0 Å². The highest BCUT2D eigenvalue weighted by molar-refractivity contribution is 7.47. The molecule has 0 aromatic heterocycles. The highest BCUT2D eigenvalue weighted by Crippen LogP contribution is 2.43. The fraction of sp³-hybridized carbons (Fsp3) is 0.971. The lowest BCUT2D eigenvalue weighted by molar-refractivity contribution is -0.154. The fourth-order valence-electron chi connectivity index (χ4n) is 5.00. The monoisotopic (exact) mass is 652 g/mol. The largest absolute Gasteiger partial charge is 0.472 e. The van der Waals surface area contributed by atoms with Crippen molar-refractivity contribution in [1.29, 1.82) is 0 Å². The van der Waals surface area contributed by atoms with Crippen LogP contribution in [0.25, 0.3) is 0 Å². The Kier molecular flexibility index (Phi) is 32.0. The van der Waals surface area contributed by atoms with Crippen molar-refractivity contribution in [3.05, 3.63) is 0 Å². The van der Waals surface area contributed by atoms with Crippen LogP contribution in [0.2, 0.25) is 0 Å². The van der Waals surface area contributed by atoms with Crippen molar-refractivity contribution in [1.82, 2.24) is 0 Å². The van der Waals surface area contributed by atoms with Crippen LogP contribution >= 0.6 is 7.82 Å². The van der Waals surface area contributed by atoms with Crippen molar-refractivity contribution in [2.45, 2.75) is 180 Å². The number of hydrogen-bond donors (Lipinski definition) is 3. The Balaban J connectivity index is 4.23. The number of phosphoric acid groups is 1. The van der Waals surface area contributed by atoms with E-state index >= 15 is 0 Å². The molecule has 0 heterocycles. The molecule has 0 aliphatic heterocycles.